The third-order valence-electron chi connectivity index (χ3n) is 3.19. The summed E-state index contributed by atoms with van der Waals surface area (Å²) in [4.78, 5) is 10.2. The molecule has 0 radical (unpaired) electrons. The maximum Gasteiger partial charge on any atom is 0.271 e. The first-order valence-corrected chi connectivity index (χ1v) is 6.25. The van der Waals surface area contributed by atoms with Crippen LogP contribution in [0.3, 0.4) is 0 Å². The summed E-state index contributed by atoms with van der Waals surface area (Å²) >= 11 is 0. The van der Waals surface area contributed by atoms with Gasteiger partial charge in [-0.05, 0) is 31.0 Å². The van der Waals surface area contributed by atoms with Crippen LogP contribution in [0.1, 0.15) is 24.1 Å². The van der Waals surface area contributed by atoms with Crippen molar-refractivity contribution in [1.82, 2.24) is 0 Å². The second kappa shape index (κ2) is 5.69. The number of nitrogens with one attached hydrogen (secondary N) is 1. The van der Waals surface area contributed by atoms with Gasteiger partial charge in [0.15, 0.2) is 0 Å². The molecule has 104 valence electrons. The van der Waals surface area contributed by atoms with Gasteiger partial charge in [-0.2, -0.15) is 0 Å². The number of anilines is 1. The molecule has 20 heavy (non-hydrogen) atoms. The quantitative estimate of drug-likeness (QED) is 0.671. The van der Waals surface area contributed by atoms with E-state index in [1.165, 1.54) is 6.07 Å². The Hall–Kier alpha value is -2.43. The van der Waals surface area contributed by atoms with Crippen LogP contribution in [0, 0.1) is 22.9 Å². The average molecular weight is 274 g/mol. The van der Waals surface area contributed by atoms with Gasteiger partial charge >= 0.3 is 0 Å². The number of nitro benzene ring substituents is 1. The zero-order valence-corrected chi connectivity index (χ0v) is 11.3. The lowest BCUT2D eigenvalue weighted by Crippen LogP contribution is -2.09. The van der Waals surface area contributed by atoms with E-state index in [0.29, 0.717) is 0 Å². The van der Waals surface area contributed by atoms with Gasteiger partial charge in [0.2, 0.25) is 0 Å². The lowest BCUT2D eigenvalue weighted by molar-refractivity contribution is -0.384. The predicted molar refractivity (Wildman–Crippen MR) is 76.3 cm³/mol. The molecule has 0 bridgehead atoms. The van der Waals surface area contributed by atoms with Crippen LogP contribution in [-0.4, -0.2) is 4.92 Å². The molecule has 0 heterocycles. The monoisotopic (exact) mass is 274 g/mol. The first kappa shape index (κ1) is 14.0. The molecule has 1 atom stereocenters. The standard InChI is InChI=1S/C15H15FN2O2/c1-10-5-3-4-6-13(10)11(2)17-15-9-12(18(19)20)7-8-14(15)16/h3-9,11,17H,1-2H3. The van der Waals surface area contributed by atoms with Crippen molar-refractivity contribution < 1.29 is 9.31 Å². The summed E-state index contributed by atoms with van der Waals surface area (Å²) in [7, 11) is 0. The molecule has 1 N–H and O–H groups in total. The van der Waals surface area contributed by atoms with Crippen molar-refractivity contribution in [3.63, 3.8) is 0 Å². The zero-order valence-electron chi connectivity index (χ0n) is 11.3. The van der Waals surface area contributed by atoms with Crippen LogP contribution in [0.15, 0.2) is 42.5 Å². The van der Waals surface area contributed by atoms with Crippen LogP contribution in [0.25, 0.3) is 0 Å². The maximum absolute atomic E-state index is 13.7. The lowest BCUT2D eigenvalue weighted by Gasteiger charge is -2.18. The fourth-order valence-electron chi connectivity index (χ4n) is 2.12. The van der Waals surface area contributed by atoms with Crippen molar-refractivity contribution in [2.24, 2.45) is 0 Å². The van der Waals surface area contributed by atoms with E-state index in [-0.39, 0.29) is 17.4 Å². The van der Waals surface area contributed by atoms with Crippen LogP contribution >= 0.6 is 0 Å². The first-order chi connectivity index (χ1) is 9.49. The molecule has 0 spiro atoms. The SMILES string of the molecule is Cc1ccccc1C(C)Nc1cc([N+](=O)[O-])ccc1F. The molecule has 4 nitrogen and oxygen atoms in total. The Morgan fingerprint density at radius 2 is 1.95 bits per heavy atom. The summed E-state index contributed by atoms with van der Waals surface area (Å²) in [5.74, 6) is -0.504. The highest BCUT2D eigenvalue weighted by Crippen LogP contribution is 2.26. The molecule has 0 aliphatic carbocycles. The third kappa shape index (κ3) is 2.93. The van der Waals surface area contributed by atoms with Gasteiger partial charge in [-0.3, -0.25) is 10.1 Å². The Morgan fingerprint density at radius 3 is 2.60 bits per heavy atom. The zero-order chi connectivity index (χ0) is 14.7. The summed E-state index contributed by atoms with van der Waals surface area (Å²) in [6.07, 6.45) is 0. The predicted octanol–water partition coefficient (Wildman–Crippen LogP) is 4.22. The third-order valence-corrected chi connectivity index (χ3v) is 3.19. The Kier molecular flexibility index (Phi) is 3.98. The van der Waals surface area contributed by atoms with E-state index in [9.17, 15) is 14.5 Å². The number of nitro groups is 1. The van der Waals surface area contributed by atoms with Crippen molar-refractivity contribution in [3.05, 3.63) is 69.5 Å². The van der Waals surface area contributed by atoms with Crippen molar-refractivity contribution in [2.45, 2.75) is 19.9 Å². The van der Waals surface area contributed by atoms with E-state index >= 15 is 0 Å². The van der Waals surface area contributed by atoms with Crippen LogP contribution in [0.5, 0.6) is 0 Å². The highest BCUT2D eigenvalue weighted by atomic mass is 19.1. The van der Waals surface area contributed by atoms with Crippen LogP contribution in [-0.2, 0) is 0 Å². The molecule has 0 saturated heterocycles. The van der Waals surface area contributed by atoms with Crippen molar-refractivity contribution in [2.75, 3.05) is 5.32 Å². The Bertz CT molecular complexity index is 644. The Balaban J connectivity index is 2.28. The summed E-state index contributed by atoms with van der Waals surface area (Å²) in [5, 5.41) is 13.7. The number of hydrogen-bond acceptors (Lipinski definition) is 3. The van der Waals surface area contributed by atoms with Gasteiger partial charge in [0.25, 0.3) is 5.69 Å². The molecule has 0 aliphatic heterocycles. The summed E-state index contributed by atoms with van der Waals surface area (Å²) in [5.41, 5.74) is 2.11. The van der Waals surface area contributed by atoms with Gasteiger partial charge in [-0.15, -0.1) is 0 Å². The molecule has 2 aromatic carbocycles. The second-order valence-corrected chi connectivity index (χ2v) is 4.64. The van der Waals surface area contributed by atoms with Gasteiger partial charge < -0.3 is 5.32 Å². The molecule has 0 amide bonds. The van der Waals surface area contributed by atoms with E-state index < -0.39 is 10.7 Å². The number of rotatable bonds is 4. The largest absolute Gasteiger partial charge is 0.376 e. The maximum atomic E-state index is 13.7. The Labute approximate surface area is 116 Å². The molecular formula is C15H15FN2O2. The van der Waals surface area contributed by atoms with E-state index in [0.717, 1.165) is 23.3 Å². The fraction of sp³-hybridized carbons (Fsp3) is 0.200. The number of non-ortho nitro benzene ring substituents is 1. The highest BCUT2D eigenvalue weighted by molar-refractivity contribution is 5.53. The molecule has 0 fully saturated rings. The number of benzene rings is 2. The minimum atomic E-state index is -0.539. The van der Waals surface area contributed by atoms with Gasteiger partial charge in [0.05, 0.1) is 10.6 Å². The van der Waals surface area contributed by atoms with Crippen molar-refractivity contribution in [3.8, 4) is 0 Å². The lowest BCUT2D eigenvalue weighted by atomic mass is 10.0. The summed E-state index contributed by atoms with van der Waals surface area (Å²) < 4.78 is 13.7. The van der Waals surface area contributed by atoms with Crippen LogP contribution < -0.4 is 5.32 Å². The van der Waals surface area contributed by atoms with Gasteiger partial charge in [0.1, 0.15) is 5.82 Å². The fourth-order valence-corrected chi connectivity index (χ4v) is 2.12. The number of nitrogens with zero attached hydrogens (tertiary/aromatic N) is 1. The molecular weight excluding hydrogens is 259 g/mol. The van der Waals surface area contributed by atoms with Crippen molar-refractivity contribution >= 4 is 11.4 Å². The average Bonchev–Trinajstić information content (AvgIpc) is 2.41. The van der Waals surface area contributed by atoms with Gasteiger partial charge in [-0.1, -0.05) is 24.3 Å². The molecule has 1 unspecified atom stereocenters. The Morgan fingerprint density at radius 1 is 1.25 bits per heavy atom. The second-order valence-electron chi connectivity index (χ2n) is 4.64. The molecule has 5 heteroatoms. The molecule has 2 aromatic rings. The van der Waals surface area contributed by atoms with E-state index in [1.54, 1.807) is 0 Å². The van der Waals surface area contributed by atoms with E-state index in [2.05, 4.69) is 5.32 Å². The summed E-state index contributed by atoms with van der Waals surface area (Å²) in [6, 6.07) is 11.1. The minimum Gasteiger partial charge on any atom is -0.376 e. The van der Waals surface area contributed by atoms with E-state index in [4.69, 9.17) is 0 Å². The summed E-state index contributed by atoms with van der Waals surface area (Å²) in [6.45, 7) is 3.86. The molecule has 0 aromatic heterocycles. The highest BCUT2D eigenvalue weighted by Gasteiger charge is 2.14. The molecule has 0 aliphatic rings. The first-order valence-electron chi connectivity index (χ1n) is 6.25. The van der Waals surface area contributed by atoms with Crippen LogP contribution in [0.2, 0.25) is 0 Å². The molecule has 2 rings (SSSR count). The van der Waals surface area contributed by atoms with Crippen molar-refractivity contribution in [1.29, 1.82) is 0 Å². The van der Waals surface area contributed by atoms with Gasteiger partial charge in [0, 0.05) is 18.2 Å². The smallest absolute Gasteiger partial charge is 0.271 e. The number of aryl methyl sites for hydroxylation is 1. The minimum absolute atomic E-state index is 0.133. The van der Waals surface area contributed by atoms with E-state index in [1.807, 2.05) is 38.1 Å². The van der Waals surface area contributed by atoms with Crippen LogP contribution in [0.4, 0.5) is 15.8 Å². The normalized spacial score (nSPS) is 11.9. The van der Waals surface area contributed by atoms with Gasteiger partial charge in [-0.25, -0.2) is 4.39 Å². The number of hydrogen-bond donors (Lipinski definition) is 1. The molecule has 0 saturated carbocycles. The topological polar surface area (TPSA) is 55.2 Å². The number of halogens is 1.